The summed E-state index contributed by atoms with van der Waals surface area (Å²) < 4.78 is 11.3. The van der Waals surface area contributed by atoms with Crippen molar-refractivity contribution in [1.82, 2.24) is 0 Å². The molecule has 0 aliphatic heterocycles. The van der Waals surface area contributed by atoms with Crippen molar-refractivity contribution in [2.75, 3.05) is 0 Å². The van der Waals surface area contributed by atoms with Gasteiger partial charge in [0.15, 0.2) is 0 Å². The van der Waals surface area contributed by atoms with E-state index in [0.29, 0.717) is 11.8 Å². The van der Waals surface area contributed by atoms with Crippen LogP contribution in [-0.4, -0.2) is 12.1 Å². The molecule has 7 atom stereocenters. The van der Waals surface area contributed by atoms with E-state index in [1.54, 1.807) is 13.0 Å². The van der Waals surface area contributed by atoms with Crippen LogP contribution < -0.4 is 5.63 Å². The average Bonchev–Trinajstić information content (AvgIpc) is 2.96. The van der Waals surface area contributed by atoms with Crippen molar-refractivity contribution in [2.45, 2.75) is 78.2 Å². The van der Waals surface area contributed by atoms with Crippen molar-refractivity contribution in [3.05, 3.63) is 33.9 Å². The smallest absolute Gasteiger partial charge is 0.335 e. The predicted octanol–water partition coefficient (Wildman–Crippen LogP) is 4.53. The summed E-state index contributed by atoms with van der Waals surface area (Å²) in [4.78, 5) is 23.3. The number of fused-ring (bicyclic) bond motifs is 6. The van der Waals surface area contributed by atoms with Crippen molar-refractivity contribution in [3.8, 4) is 0 Å². The van der Waals surface area contributed by atoms with Gasteiger partial charge in [-0.25, -0.2) is 4.79 Å². The van der Waals surface area contributed by atoms with Gasteiger partial charge in [-0.2, -0.15) is 0 Å². The van der Waals surface area contributed by atoms with E-state index in [9.17, 15) is 9.59 Å². The first kappa shape index (κ1) is 18.4. The van der Waals surface area contributed by atoms with Crippen LogP contribution in [0.25, 0.3) is 0 Å². The van der Waals surface area contributed by atoms with Gasteiger partial charge in [-0.05, 0) is 85.7 Å². The highest BCUT2D eigenvalue weighted by atomic mass is 16.5. The Morgan fingerprint density at radius 1 is 1.07 bits per heavy atom. The highest BCUT2D eigenvalue weighted by Crippen LogP contribution is 2.65. The zero-order valence-electron chi connectivity index (χ0n) is 17.3. The monoisotopic (exact) mass is 384 g/mol. The van der Waals surface area contributed by atoms with Crippen molar-refractivity contribution in [3.63, 3.8) is 0 Å². The Kier molecular flexibility index (Phi) is 4.09. The number of hydrogen-bond acceptors (Lipinski definition) is 4. The molecule has 0 saturated heterocycles. The molecule has 4 aliphatic rings. The van der Waals surface area contributed by atoms with Crippen LogP contribution in [0, 0.1) is 34.5 Å². The minimum Gasteiger partial charge on any atom is -0.462 e. The van der Waals surface area contributed by atoms with Gasteiger partial charge in [0, 0.05) is 24.8 Å². The average molecular weight is 385 g/mol. The first-order valence-electron chi connectivity index (χ1n) is 11.1. The Labute approximate surface area is 167 Å². The highest BCUT2D eigenvalue weighted by molar-refractivity contribution is 5.66. The predicted molar refractivity (Wildman–Crippen MR) is 106 cm³/mol. The standard InChI is InChI=1S/C24H32O4/c1-14(25)27-21-8-7-18-17-6-5-16-12-20-15(4-9-22(26)28-20)13-24(16,3)19(17)10-11-23(18,21)2/h4,9,16-19,21H,5-8,10-13H2,1-3H3/t16-,17-,18-,19-,21-,23-,24-/m0/s1. The van der Waals surface area contributed by atoms with E-state index < -0.39 is 0 Å². The molecule has 1 aromatic rings. The minimum atomic E-state index is -0.216. The van der Waals surface area contributed by atoms with E-state index >= 15 is 0 Å². The first-order chi connectivity index (χ1) is 13.3. The second-order valence-electron chi connectivity index (χ2n) is 10.5. The number of rotatable bonds is 1. The maximum absolute atomic E-state index is 11.7. The van der Waals surface area contributed by atoms with Gasteiger partial charge in [-0.3, -0.25) is 4.79 Å². The molecule has 0 radical (unpaired) electrons. The van der Waals surface area contributed by atoms with Crippen LogP contribution in [0.2, 0.25) is 0 Å². The molecule has 5 rings (SSSR count). The van der Waals surface area contributed by atoms with E-state index in [1.165, 1.54) is 31.2 Å². The van der Waals surface area contributed by atoms with Crippen LogP contribution in [0.5, 0.6) is 0 Å². The molecule has 0 unspecified atom stereocenters. The van der Waals surface area contributed by atoms with Crippen LogP contribution in [0.4, 0.5) is 0 Å². The Bertz CT molecular complexity index is 856. The lowest BCUT2D eigenvalue weighted by Gasteiger charge is -2.60. The molecule has 3 saturated carbocycles. The fourth-order valence-corrected chi connectivity index (χ4v) is 7.94. The third kappa shape index (κ3) is 2.55. The van der Waals surface area contributed by atoms with Gasteiger partial charge in [-0.1, -0.05) is 13.8 Å². The van der Waals surface area contributed by atoms with Crippen LogP contribution in [0.15, 0.2) is 21.3 Å². The Hall–Kier alpha value is -1.58. The normalized spacial score (nSPS) is 44.0. The molecule has 28 heavy (non-hydrogen) atoms. The summed E-state index contributed by atoms with van der Waals surface area (Å²) in [7, 11) is 0. The fraction of sp³-hybridized carbons (Fsp3) is 0.750. The molecule has 4 aliphatic carbocycles. The van der Waals surface area contributed by atoms with Crippen molar-refractivity contribution < 1.29 is 13.9 Å². The minimum absolute atomic E-state index is 0.0998. The Morgan fingerprint density at radius 3 is 2.64 bits per heavy atom. The first-order valence-corrected chi connectivity index (χ1v) is 11.1. The summed E-state index contributed by atoms with van der Waals surface area (Å²) in [5.74, 6) is 3.54. The molecule has 4 nitrogen and oxygen atoms in total. The van der Waals surface area contributed by atoms with Crippen molar-refractivity contribution in [2.24, 2.45) is 34.5 Å². The molecule has 1 aromatic heterocycles. The van der Waals surface area contributed by atoms with Gasteiger partial charge in [0.1, 0.15) is 11.9 Å². The van der Waals surface area contributed by atoms with Gasteiger partial charge in [0.05, 0.1) is 0 Å². The quantitative estimate of drug-likeness (QED) is 0.668. The van der Waals surface area contributed by atoms with E-state index in [2.05, 4.69) is 13.8 Å². The van der Waals surface area contributed by atoms with Crippen LogP contribution in [0.3, 0.4) is 0 Å². The number of hydrogen-bond donors (Lipinski definition) is 0. The fourth-order valence-electron chi connectivity index (χ4n) is 7.94. The Balaban J connectivity index is 1.45. The summed E-state index contributed by atoms with van der Waals surface area (Å²) in [6.07, 6.45) is 9.16. The van der Waals surface area contributed by atoms with Gasteiger partial charge >= 0.3 is 11.6 Å². The third-order valence-corrected chi connectivity index (χ3v) is 9.29. The Morgan fingerprint density at radius 2 is 1.86 bits per heavy atom. The molecule has 3 fully saturated rings. The van der Waals surface area contributed by atoms with Crippen LogP contribution in [0.1, 0.15) is 70.6 Å². The lowest BCUT2D eigenvalue weighted by molar-refractivity contribution is -0.160. The van der Waals surface area contributed by atoms with E-state index in [1.807, 2.05) is 6.07 Å². The molecule has 1 heterocycles. The maximum Gasteiger partial charge on any atom is 0.335 e. The zero-order valence-corrected chi connectivity index (χ0v) is 17.3. The zero-order chi connectivity index (χ0) is 19.7. The molecule has 4 heteroatoms. The molecule has 0 amide bonds. The van der Waals surface area contributed by atoms with E-state index in [-0.39, 0.29) is 28.5 Å². The lowest BCUT2D eigenvalue weighted by atomic mass is 9.45. The van der Waals surface area contributed by atoms with Crippen molar-refractivity contribution in [1.29, 1.82) is 0 Å². The lowest BCUT2D eigenvalue weighted by Crippen LogP contribution is -2.55. The molecular formula is C24H32O4. The highest BCUT2D eigenvalue weighted by Gasteiger charge is 2.61. The van der Waals surface area contributed by atoms with Crippen molar-refractivity contribution >= 4 is 5.97 Å². The molecule has 0 aromatic carbocycles. The number of ether oxygens (including phenoxy) is 1. The molecule has 0 spiro atoms. The van der Waals surface area contributed by atoms with Gasteiger partial charge in [0.25, 0.3) is 0 Å². The number of carbonyl (C=O) groups is 1. The van der Waals surface area contributed by atoms with Crippen LogP contribution >= 0.6 is 0 Å². The molecule has 0 N–H and O–H groups in total. The number of carbonyl (C=O) groups excluding carboxylic acids is 1. The third-order valence-electron chi connectivity index (χ3n) is 9.29. The van der Waals surface area contributed by atoms with Gasteiger partial charge < -0.3 is 9.15 Å². The van der Waals surface area contributed by atoms with E-state index in [4.69, 9.17) is 9.15 Å². The van der Waals surface area contributed by atoms with Gasteiger partial charge in [-0.15, -0.1) is 0 Å². The summed E-state index contributed by atoms with van der Waals surface area (Å²) in [5.41, 5.74) is 1.47. The van der Waals surface area contributed by atoms with E-state index in [0.717, 1.165) is 43.3 Å². The summed E-state index contributed by atoms with van der Waals surface area (Å²) >= 11 is 0. The second-order valence-corrected chi connectivity index (χ2v) is 10.5. The topological polar surface area (TPSA) is 56.5 Å². The molecular weight excluding hydrogens is 352 g/mol. The number of esters is 1. The molecule has 152 valence electrons. The largest absolute Gasteiger partial charge is 0.462 e. The SMILES string of the molecule is CC(=O)O[C@H]1CC[C@H]2[C@@H]3CC[C@H]4Cc5oc(=O)ccc5C[C@]4(C)[C@H]3CC[C@]12C. The molecule has 0 bridgehead atoms. The summed E-state index contributed by atoms with van der Waals surface area (Å²) in [6.45, 7) is 6.43. The van der Waals surface area contributed by atoms with Crippen LogP contribution in [-0.2, 0) is 22.4 Å². The summed E-state index contributed by atoms with van der Waals surface area (Å²) in [6, 6.07) is 3.59. The summed E-state index contributed by atoms with van der Waals surface area (Å²) in [5, 5.41) is 0. The maximum atomic E-state index is 11.7. The second kappa shape index (κ2) is 6.21. The van der Waals surface area contributed by atoms with Gasteiger partial charge in [0.2, 0.25) is 0 Å².